The van der Waals surface area contributed by atoms with E-state index in [0.717, 1.165) is 15.8 Å². The molecule has 0 spiro atoms. The molecule has 2 aromatic heterocycles. The molecular weight excluding hydrogens is 445 g/mol. The van der Waals surface area contributed by atoms with Crippen molar-refractivity contribution in [1.82, 2.24) is 20.3 Å². The van der Waals surface area contributed by atoms with Crippen LogP contribution < -0.4 is 10.1 Å². The van der Waals surface area contributed by atoms with Crippen molar-refractivity contribution in [2.45, 2.75) is 6.54 Å². The van der Waals surface area contributed by atoms with E-state index in [1.807, 2.05) is 18.2 Å². The fourth-order valence-corrected chi connectivity index (χ4v) is 3.03. The molecule has 2 aromatic carbocycles. The zero-order chi connectivity index (χ0) is 20.2. The van der Waals surface area contributed by atoms with Crippen LogP contribution in [-0.2, 0) is 6.54 Å². The largest absolute Gasteiger partial charge is 0.496 e. The van der Waals surface area contributed by atoms with Crippen LogP contribution in [0.5, 0.6) is 5.75 Å². The number of azo groups is 1. The van der Waals surface area contributed by atoms with Crippen molar-refractivity contribution in [2.24, 2.45) is 10.2 Å². The van der Waals surface area contributed by atoms with Crippen LogP contribution in [0.4, 0.5) is 21.7 Å². The van der Waals surface area contributed by atoms with Gasteiger partial charge in [0.05, 0.1) is 18.1 Å². The Kier molecular flexibility index (Phi) is 5.38. The first kappa shape index (κ1) is 18.9. The van der Waals surface area contributed by atoms with Gasteiger partial charge in [-0.1, -0.05) is 6.07 Å². The second-order valence-corrected chi connectivity index (χ2v) is 6.66. The lowest BCUT2D eigenvalue weighted by molar-refractivity contribution is 0.314. The van der Waals surface area contributed by atoms with Crippen molar-refractivity contribution in [2.75, 3.05) is 12.4 Å². The van der Waals surface area contributed by atoms with Gasteiger partial charge in [-0.05, 0) is 68.2 Å². The maximum atomic E-state index is 13.1. The molecule has 4 rings (SSSR count). The highest BCUT2D eigenvalue weighted by Crippen LogP contribution is 2.28. The number of aromatic nitrogens is 4. The average Bonchev–Trinajstić information content (AvgIpc) is 3.17. The SMILES string of the molecule is COc1ccc(CN=Nc2nc3nonc3nc2Nc2ccc(F)cc2)cc1Br. The van der Waals surface area contributed by atoms with Crippen molar-refractivity contribution in [3.8, 4) is 5.75 Å². The number of hydrogen-bond acceptors (Lipinski definition) is 9. The third kappa shape index (κ3) is 4.35. The molecule has 0 bridgehead atoms. The first-order valence-electron chi connectivity index (χ1n) is 8.35. The molecule has 4 aromatic rings. The molecule has 0 unspecified atom stereocenters. The molecule has 11 heteroatoms. The second-order valence-electron chi connectivity index (χ2n) is 5.81. The number of benzene rings is 2. The number of rotatable bonds is 6. The van der Waals surface area contributed by atoms with Gasteiger partial charge >= 0.3 is 0 Å². The van der Waals surface area contributed by atoms with Gasteiger partial charge in [-0.3, -0.25) is 0 Å². The molecule has 0 saturated carbocycles. The molecule has 0 aliphatic rings. The molecule has 0 aliphatic heterocycles. The molecule has 1 N–H and O–H groups in total. The highest BCUT2D eigenvalue weighted by Gasteiger charge is 2.13. The summed E-state index contributed by atoms with van der Waals surface area (Å²) >= 11 is 3.44. The number of nitrogens with one attached hydrogen (secondary N) is 1. The Balaban J connectivity index is 1.60. The highest BCUT2D eigenvalue weighted by molar-refractivity contribution is 9.10. The number of methoxy groups -OCH3 is 1. The quantitative estimate of drug-likeness (QED) is 0.407. The fraction of sp³-hybridized carbons (Fsp3) is 0.111. The monoisotopic (exact) mass is 457 g/mol. The van der Waals surface area contributed by atoms with Gasteiger partial charge in [0.25, 0.3) is 0 Å². The summed E-state index contributed by atoms with van der Waals surface area (Å²) in [5, 5.41) is 18.8. The second kappa shape index (κ2) is 8.27. The Bertz CT molecular complexity index is 1180. The number of hydrogen-bond donors (Lipinski definition) is 1. The predicted molar refractivity (Wildman–Crippen MR) is 106 cm³/mol. The topological polar surface area (TPSA) is 111 Å². The van der Waals surface area contributed by atoms with Gasteiger partial charge in [-0.15, -0.1) is 5.11 Å². The van der Waals surface area contributed by atoms with Gasteiger partial charge in [0, 0.05) is 5.69 Å². The summed E-state index contributed by atoms with van der Waals surface area (Å²) in [6.07, 6.45) is 0. The summed E-state index contributed by atoms with van der Waals surface area (Å²) in [5.41, 5.74) is 1.95. The Morgan fingerprint density at radius 2 is 1.86 bits per heavy atom. The van der Waals surface area contributed by atoms with E-state index in [0.29, 0.717) is 18.1 Å². The lowest BCUT2D eigenvalue weighted by Crippen LogP contribution is -1.97. The summed E-state index contributed by atoms with van der Waals surface area (Å²) in [7, 11) is 1.60. The van der Waals surface area contributed by atoms with Crippen LogP contribution in [0.15, 0.2) is 61.8 Å². The van der Waals surface area contributed by atoms with Gasteiger partial charge < -0.3 is 10.1 Å². The van der Waals surface area contributed by atoms with Crippen molar-refractivity contribution < 1.29 is 13.8 Å². The lowest BCUT2D eigenvalue weighted by atomic mass is 10.2. The first-order valence-corrected chi connectivity index (χ1v) is 9.14. The zero-order valence-corrected chi connectivity index (χ0v) is 16.6. The third-order valence-electron chi connectivity index (χ3n) is 3.84. The predicted octanol–water partition coefficient (Wildman–Crippen LogP) is 4.95. The number of halogens is 2. The fourth-order valence-electron chi connectivity index (χ4n) is 2.45. The molecule has 0 saturated heterocycles. The van der Waals surface area contributed by atoms with Crippen LogP contribution in [0.2, 0.25) is 0 Å². The molecular formula is C18H13BrFN7O2. The number of anilines is 2. The molecule has 0 fully saturated rings. The van der Waals surface area contributed by atoms with E-state index < -0.39 is 0 Å². The smallest absolute Gasteiger partial charge is 0.245 e. The van der Waals surface area contributed by atoms with Crippen molar-refractivity contribution in [1.29, 1.82) is 0 Å². The summed E-state index contributed by atoms with van der Waals surface area (Å²) in [6, 6.07) is 11.4. The van der Waals surface area contributed by atoms with Crippen LogP contribution in [0.1, 0.15) is 5.56 Å². The first-order chi connectivity index (χ1) is 14.1. The van der Waals surface area contributed by atoms with Crippen molar-refractivity contribution in [3.63, 3.8) is 0 Å². The van der Waals surface area contributed by atoms with Crippen LogP contribution in [0, 0.1) is 5.82 Å². The van der Waals surface area contributed by atoms with Crippen molar-refractivity contribution in [3.05, 3.63) is 58.3 Å². The minimum atomic E-state index is -0.344. The molecule has 146 valence electrons. The van der Waals surface area contributed by atoms with Gasteiger partial charge in [0.2, 0.25) is 17.1 Å². The number of nitrogens with zero attached hydrogens (tertiary/aromatic N) is 6. The lowest BCUT2D eigenvalue weighted by Gasteiger charge is -2.07. The maximum Gasteiger partial charge on any atom is 0.245 e. The minimum Gasteiger partial charge on any atom is -0.496 e. The third-order valence-corrected chi connectivity index (χ3v) is 4.46. The highest BCUT2D eigenvalue weighted by atomic mass is 79.9. The van der Waals surface area contributed by atoms with Crippen LogP contribution in [0.25, 0.3) is 11.3 Å². The summed E-state index contributed by atoms with van der Waals surface area (Å²) < 4.78 is 23.8. The molecule has 0 aliphatic carbocycles. The molecule has 2 heterocycles. The van der Waals surface area contributed by atoms with Crippen LogP contribution in [0.3, 0.4) is 0 Å². The normalized spacial score (nSPS) is 11.3. The van der Waals surface area contributed by atoms with Gasteiger partial charge in [0.15, 0.2) is 5.82 Å². The Hall–Kier alpha value is -3.47. The summed E-state index contributed by atoms with van der Waals surface area (Å²) in [6.45, 7) is 0.315. The van der Waals surface area contributed by atoms with E-state index in [4.69, 9.17) is 4.74 Å². The maximum absolute atomic E-state index is 13.1. The minimum absolute atomic E-state index is 0.199. The summed E-state index contributed by atoms with van der Waals surface area (Å²) in [5.74, 6) is 0.874. The molecule has 9 nitrogen and oxygen atoms in total. The molecule has 0 amide bonds. The molecule has 0 radical (unpaired) electrons. The average molecular weight is 458 g/mol. The zero-order valence-electron chi connectivity index (χ0n) is 15.0. The van der Waals surface area contributed by atoms with Crippen LogP contribution >= 0.6 is 15.9 Å². The Morgan fingerprint density at radius 1 is 1.10 bits per heavy atom. The van der Waals surface area contributed by atoms with Crippen molar-refractivity contribution >= 4 is 44.5 Å². The van der Waals surface area contributed by atoms with E-state index in [-0.39, 0.29) is 22.9 Å². The molecule has 29 heavy (non-hydrogen) atoms. The van der Waals surface area contributed by atoms with E-state index in [1.165, 1.54) is 12.1 Å². The van der Waals surface area contributed by atoms with Gasteiger partial charge in [-0.2, -0.15) is 10.1 Å². The standard InChI is InChI=1S/C18H13BrFN7O2/c1-28-14-7-2-10(8-13(14)19)9-21-25-16-15(22-12-5-3-11(20)4-6-12)23-17-18(24-16)27-29-26-17/h2-8H,9H2,1H3,(H,22,23,26). The Morgan fingerprint density at radius 3 is 2.59 bits per heavy atom. The van der Waals surface area contributed by atoms with Gasteiger partial charge in [-0.25, -0.2) is 14.0 Å². The molecule has 0 atom stereocenters. The summed E-state index contributed by atoms with van der Waals surface area (Å²) in [4.78, 5) is 8.57. The van der Waals surface area contributed by atoms with Crippen LogP contribution in [-0.4, -0.2) is 27.4 Å². The Labute approximate surface area is 172 Å². The van der Waals surface area contributed by atoms with E-state index >= 15 is 0 Å². The van der Waals surface area contributed by atoms with E-state index in [2.05, 4.69) is 56.4 Å². The van der Waals surface area contributed by atoms with E-state index in [9.17, 15) is 4.39 Å². The van der Waals surface area contributed by atoms with Gasteiger partial charge in [0.1, 0.15) is 11.6 Å². The number of ether oxygens (including phenoxy) is 1. The van der Waals surface area contributed by atoms with E-state index in [1.54, 1.807) is 19.2 Å². The number of fused-ring (bicyclic) bond motifs is 1.